The Morgan fingerprint density at radius 1 is 1.29 bits per heavy atom. The maximum absolute atomic E-state index is 13.4. The van der Waals surface area contributed by atoms with Crippen LogP contribution in [0.25, 0.3) is 0 Å². The minimum atomic E-state index is -3.82. The summed E-state index contributed by atoms with van der Waals surface area (Å²) in [5, 5.41) is 0. The van der Waals surface area contributed by atoms with E-state index in [4.69, 9.17) is 5.73 Å². The third-order valence-corrected chi connectivity index (χ3v) is 5.15. The lowest BCUT2D eigenvalue weighted by atomic mass is 10.2. The Bertz CT molecular complexity index is 748. The van der Waals surface area contributed by atoms with Gasteiger partial charge in [0.15, 0.2) is 0 Å². The van der Waals surface area contributed by atoms with Gasteiger partial charge in [0.25, 0.3) is 10.0 Å². The van der Waals surface area contributed by atoms with Crippen molar-refractivity contribution < 1.29 is 12.8 Å². The van der Waals surface area contributed by atoms with Crippen molar-refractivity contribution in [1.82, 2.24) is 4.98 Å². The smallest absolute Gasteiger partial charge is 0.264 e. The molecule has 5 nitrogen and oxygen atoms in total. The van der Waals surface area contributed by atoms with Crippen LogP contribution < -0.4 is 10.0 Å². The Morgan fingerprint density at radius 2 is 1.90 bits per heavy atom. The number of rotatable bonds is 4. The van der Waals surface area contributed by atoms with Crippen molar-refractivity contribution in [3.63, 3.8) is 0 Å². The Morgan fingerprint density at radius 3 is 2.48 bits per heavy atom. The Labute approximate surface area is 123 Å². The van der Waals surface area contributed by atoms with Gasteiger partial charge in [-0.3, -0.25) is 9.29 Å². The van der Waals surface area contributed by atoms with Crippen molar-refractivity contribution in [3.8, 4) is 0 Å². The average Bonchev–Trinajstić information content (AvgIpc) is 2.44. The SMILES string of the molecule is CCN(c1ccncc1)S(=O)(=O)c1cc(N)c(F)cc1C. The molecule has 7 heteroatoms. The van der Waals surface area contributed by atoms with E-state index in [-0.39, 0.29) is 17.1 Å². The second-order valence-electron chi connectivity index (χ2n) is 4.51. The molecule has 0 bridgehead atoms. The quantitative estimate of drug-likeness (QED) is 0.879. The molecule has 2 aromatic rings. The van der Waals surface area contributed by atoms with Crippen LogP contribution in [0.2, 0.25) is 0 Å². The highest BCUT2D eigenvalue weighted by Crippen LogP contribution is 2.27. The molecule has 0 spiro atoms. The highest BCUT2D eigenvalue weighted by Gasteiger charge is 2.26. The van der Waals surface area contributed by atoms with E-state index in [2.05, 4.69) is 4.98 Å². The average molecular weight is 309 g/mol. The number of hydrogen-bond donors (Lipinski definition) is 1. The third kappa shape index (κ3) is 2.82. The lowest BCUT2D eigenvalue weighted by molar-refractivity contribution is 0.590. The van der Waals surface area contributed by atoms with Crippen molar-refractivity contribution >= 4 is 21.4 Å². The van der Waals surface area contributed by atoms with Crippen LogP contribution in [0, 0.1) is 12.7 Å². The lowest BCUT2D eigenvalue weighted by Crippen LogP contribution is -2.31. The van der Waals surface area contributed by atoms with Gasteiger partial charge < -0.3 is 5.73 Å². The topological polar surface area (TPSA) is 76.3 Å². The van der Waals surface area contributed by atoms with Gasteiger partial charge in [-0.05, 0) is 43.7 Å². The summed E-state index contributed by atoms with van der Waals surface area (Å²) >= 11 is 0. The first kappa shape index (κ1) is 15.2. The number of aromatic nitrogens is 1. The van der Waals surface area contributed by atoms with E-state index in [0.29, 0.717) is 11.3 Å². The van der Waals surface area contributed by atoms with Crippen LogP contribution in [0.3, 0.4) is 0 Å². The molecule has 0 amide bonds. The largest absolute Gasteiger partial charge is 0.396 e. The van der Waals surface area contributed by atoms with Crippen molar-refractivity contribution in [2.75, 3.05) is 16.6 Å². The molecule has 0 aliphatic rings. The van der Waals surface area contributed by atoms with Crippen LogP contribution in [0.5, 0.6) is 0 Å². The first-order chi connectivity index (χ1) is 9.87. The molecule has 0 aliphatic heterocycles. The normalized spacial score (nSPS) is 11.4. The summed E-state index contributed by atoms with van der Waals surface area (Å²) in [4.78, 5) is 3.87. The summed E-state index contributed by atoms with van der Waals surface area (Å²) in [5.41, 5.74) is 6.12. The maximum atomic E-state index is 13.4. The second-order valence-corrected chi connectivity index (χ2v) is 6.35. The zero-order valence-corrected chi connectivity index (χ0v) is 12.6. The first-order valence-corrected chi connectivity index (χ1v) is 7.80. The zero-order valence-electron chi connectivity index (χ0n) is 11.7. The molecule has 0 radical (unpaired) electrons. The highest BCUT2D eigenvalue weighted by molar-refractivity contribution is 7.92. The van der Waals surface area contributed by atoms with E-state index >= 15 is 0 Å². The number of anilines is 2. The molecule has 1 heterocycles. The fraction of sp³-hybridized carbons (Fsp3) is 0.214. The molecule has 21 heavy (non-hydrogen) atoms. The van der Waals surface area contributed by atoms with Crippen LogP contribution in [0.4, 0.5) is 15.8 Å². The number of halogens is 1. The molecule has 0 unspecified atom stereocenters. The number of hydrogen-bond acceptors (Lipinski definition) is 4. The van der Waals surface area contributed by atoms with Gasteiger partial charge in [0, 0.05) is 18.9 Å². The molecular weight excluding hydrogens is 293 g/mol. The monoisotopic (exact) mass is 309 g/mol. The van der Waals surface area contributed by atoms with Gasteiger partial charge in [0.05, 0.1) is 16.3 Å². The molecule has 2 N–H and O–H groups in total. The van der Waals surface area contributed by atoms with E-state index < -0.39 is 15.8 Å². The van der Waals surface area contributed by atoms with Crippen LogP contribution in [-0.2, 0) is 10.0 Å². The summed E-state index contributed by atoms with van der Waals surface area (Å²) in [5.74, 6) is -0.626. The predicted molar refractivity (Wildman–Crippen MR) is 80.0 cm³/mol. The fourth-order valence-corrected chi connectivity index (χ4v) is 3.79. The van der Waals surface area contributed by atoms with Gasteiger partial charge in [-0.15, -0.1) is 0 Å². The fourth-order valence-electron chi connectivity index (χ4n) is 2.07. The molecule has 0 saturated carbocycles. The van der Waals surface area contributed by atoms with Crippen molar-refractivity contribution in [2.24, 2.45) is 0 Å². The minimum absolute atomic E-state index is 0.0000576. The Balaban J connectivity index is 2.58. The van der Waals surface area contributed by atoms with Crippen molar-refractivity contribution in [2.45, 2.75) is 18.7 Å². The zero-order chi connectivity index (χ0) is 15.6. The Hall–Kier alpha value is -2.15. The van der Waals surface area contributed by atoms with Crippen molar-refractivity contribution in [3.05, 3.63) is 48.0 Å². The Kier molecular flexibility index (Phi) is 4.13. The second kappa shape index (κ2) is 5.69. The van der Waals surface area contributed by atoms with Crippen LogP contribution in [0.15, 0.2) is 41.6 Å². The van der Waals surface area contributed by atoms with Gasteiger partial charge in [-0.1, -0.05) is 0 Å². The van der Waals surface area contributed by atoms with Crippen LogP contribution in [-0.4, -0.2) is 19.9 Å². The van der Waals surface area contributed by atoms with E-state index in [1.54, 1.807) is 19.1 Å². The summed E-state index contributed by atoms with van der Waals surface area (Å²) < 4.78 is 40.2. The number of sulfonamides is 1. The van der Waals surface area contributed by atoms with Crippen molar-refractivity contribution in [1.29, 1.82) is 0 Å². The molecule has 2 rings (SSSR count). The van der Waals surface area contributed by atoms with Gasteiger partial charge in [-0.2, -0.15) is 0 Å². The van der Waals surface area contributed by atoms with Gasteiger partial charge >= 0.3 is 0 Å². The third-order valence-electron chi connectivity index (χ3n) is 3.10. The van der Waals surface area contributed by atoms with Gasteiger partial charge in [-0.25, -0.2) is 12.8 Å². The summed E-state index contributed by atoms with van der Waals surface area (Å²) in [6.45, 7) is 3.50. The summed E-state index contributed by atoms with van der Waals surface area (Å²) in [7, 11) is -3.82. The molecule has 0 aliphatic carbocycles. The minimum Gasteiger partial charge on any atom is -0.396 e. The number of aryl methyl sites for hydroxylation is 1. The van der Waals surface area contributed by atoms with E-state index in [0.717, 1.165) is 12.1 Å². The number of nitrogens with zero attached hydrogens (tertiary/aromatic N) is 2. The highest BCUT2D eigenvalue weighted by atomic mass is 32.2. The number of nitrogens with two attached hydrogens (primary N) is 1. The molecule has 0 atom stereocenters. The number of nitrogen functional groups attached to an aromatic ring is 1. The molecule has 112 valence electrons. The van der Waals surface area contributed by atoms with E-state index in [1.165, 1.54) is 23.6 Å². The predicted octanol–water partition coefficient (Wildman–Crippen LogP) is 2.33. The number of pyridine rings is 1. The van der Waals surface area contributed by atoms with Crippen LogP contribution >= 0.6 is 0 Å². The number of benzene rings is 1. The van der Waals surface area contributed by atoms with Crippen LogP contribution in [0.1, 0.15) is 12.5 Å². The maximum Gasteiger partial charge on any atom is 0.264 e. The summed E-state index contributed by atoms with van der Waals surface area (Å²) in [6.07, 6.45) is 3.03. The van der Waals surface area contributed by atoms with Gasteiger partial charge in [0.2, 0.25) is 0 Å². The lowest BCUT2D eigenvalue weighted by Gasteiger charge is -2.23. The standard InChI is InChI=1S/C14H16FN3O2S/c1-3-18(11-4-6-17-7-5-11)21(19,20)14-9-13(16)12(15)8-10(14)2/h4-9H,3,16H2,1-2H3. The van der Waals surface area contributed by atoms with Gasteiger partial charge in [0.1, 0.15) is 5.82 Å². The molecular formula is C14H16FN3O2S. The van der Waals surface area contributed by atoms with E-state index in [1.807, 2.05) is 0 Å². The molecule has 1 aromatic carbocycles. The summed E-state index contributed by atoms with van der Waals surface area (Å²) in [6, 6.07) is 5.49. The molecule has 0 fully saturated rings. The first-order valence-electron chi connectivity index (χ1n) is 6.36. The molecule has 1 aromatic heterocycles. The van der Waals surface area contributed by atoms with E-state index in [9.17, 15) is 12.8 Å². The molecule has 0 saturated heterocycles.